The van der Waals surface area contributed by atoms with Gasteiger partial charge in [-0.05, 0) is 22.0 Å². The Hall–Kier alpha value is -0.970. The topological polar surface area (TPSA) is 68.2 Å². The molecule has 0 aliphatic carbocycles. The van der Waals surface area contributed by atoms with Gasteiger partial charge in [-0.2, -0.15) is 0 Å². The number of carbonyl (C=O) groups is 1. The fraction of sp³-hybridized carbons (Fsp3) is 0.167. The Morgan fingerprint density at radius 3 is 2.55 bits per heavy atom. The van der Waals surface area contributed by atoms with Crippen molar-refractivity contribution in [2.24, 2.45) is 7.05 Å². The predicted octanol–water partition coefficient (Wildman–Crippen LogP) is 1.07. The van der Waals surface area contributed by atoms with E-state index in [-0.39, 0.29) is 5.69 Å². The van der Waals surface area contributed by atoms with E-state index in [1.807, 2.05) is 0 Å². The number of halogens is 1. The second-order valence-electron chi connectivity index (χ2n) is 2.14. The quantitative estimate of drug-likeness (QED) is 0.742. The molecule has 0 aliphatic heterocycles. The van der Waals surface area contributed by atoms with Gasteiger partial charge >= 0.3 is 5.97 Å². The van der Waals surface area contributed by atoms with E-state index in [1.54, 1.807) is 7.05 Å². The van der Waals surface area contributed by atoms with Gasteiger partial charge in [-0.25, -0.2) is 4.79 Å². The lowest BCUT2D eigenvalue weighted by Gasteiger charge is -1.96. The fourth-order valence-corrected chi connectivity index (χ4v) is 1.11. The average molecular weight is 219 g/mol. The largest absolute Gasteiger partial charge is 0.477 e. The second-order valence-corrected chi connectivity index (χ2v) is 2.89. The molecule has 0 amide bonds. The molecule has 60 valence electrons. The summed E-state index contributed by atoms with van der Waals surface area (Å²) in [4.78, 5) is 10.5. The van der Waals surface area contributed by atoms with Crippen LogP contribution in [0.15, 0.2) is 10.7 Å². The Kier molecular flexibility index (Phi) is 1.90. The van der Waals surface area contributed by atoms with Crippen molar-refractivity contribution in [2.75, 3.05) is 5.73 Å². The standard InChI is InChI=1S/C6H7BrN2O2/c1-9-4(6(10)11)2-3(8)5(9)7/h2H,8H2,1H3,(H,10,11). The van der Waals surface area contributed by atoms with Crippen LogP contribution in [0.4, 0.5) is 5.69 Å². The minimum Gasteiger partial charge on any atom is -0.477 e. The Labute approximate surface area is 71.7 Å². The number of nitrogens with zero attached hydrogens (tertiary/aromatic N) is 1. The van der Waals surface area contributed by atoms with E-state index >= 15 is 0 Å². The third kappa shape index (κ3) is 1.23. The summed E-state index contributed by atoms with van der Waals surface area (Å²) in [6.45, 7) is 0. The summed E-state index contributed by atoms with van der Waals surface area (Å²) in [7, 11) is 1.63. The molecular formula is C6H7BrN2O2. The molecule has 0 atom stereocenters. The van der Waals surface area contributed by atoms with Crippen molar-refractivity contribution < 1.29 is 9.90 Å². The summed E-state index contributed by atoms with van der Waals surface area (Å²) in [5.74, 6) is -0.982. The highest BCUT2D eigenvalue weighted by molar-refractivity contribution is 9.10. The van der Waals surface area contributed by atoms with E-state index in [1.165, 1.54) is 10.6 Å². The summed E-state index contributed by atoms with van der Waals surface area (Å²) < 4.78 is 2.06. The maximum atomic E-state index is 10.5. The first kappa shape index (κ1) is 8.13. The van der Waals surface area contributed by atoms with E-state index in [2.05, 4.69) is 15.9 Å². The molecule has 1 aromatic rings. The Morgan fingerprint density at radius 1 is 1.82 bits per heavy atom. The van der Waals surface area contributed by atoms with Crippen molar-refractivity contribution >= 4 is 27.6 Å². The molecule has 0 fully saturated rings. The normalized spacial score (nSPS) is 10.0. The van der Waals surface area contributed by atoms with Gasteiger partial charge in [0.2, 0.25) is 0 Å². The molecule has 0 saturated carbocycles. The van der Waals surface area contributed by atoms with Crippen molar-refractivity contribution in [1.82, 2.24) is 4.57 Å². The molecule has 0 aromatic carbocycles. The van der Waals surface area contributed by atoms with Crippen LogP contribution in [0, 0.1) is 0 Å². The first-order valence-electron chi connectivity index (χ1n) is 2.88. The highest BCUT2D eigenvalue weighted by Gasteiger charge is 2.12. The highest BCUT2D eigenvalue weighted by atomic mass is 79.9. The molecule has 11 heavy (non-hydrogen) atoms. The number of nitrogens with two attached hydrogens (primary N) is 1. The lowest BCUT2D eigenvalue weighted by molar-refractivity contribution is 0.0686. The molecule has 5 heteroatoms. The number of rotatable bonds is 1. The molecule has 1 rings (SSSR count). The van der Waals surface area contributed by atoms with Gasteiger partial charge < -0.3 is 15.4 Å². The molecule has 3 N–H and O–H groups in total. The van der Waals surface area contributed by atoms with E-state index in [4.69, 9.17) is 10.8 Å². The summed E-state index contributed by atoms with van der Waals surface area (Å²) >= 11 is 3.14. The summed E-state index contributed by atoms with van der Waals surface area (Å²) in [5, 5.41) is 8.61. The summed E-state index contributed by atoms with van der Waals surface area (Å²) in [6.07, 6.45) is 0. The highest BCUT2D eigenvalue weighted by Crippen LogP contribution is 2.22. The molecule has 0 saturated heterocycles. The van der Waals surface area contributed by atoms with Gasteiger partial charge in [0.05, 0.1) is 5.69 Å². The number of hydrogen-bond donors (Lipinski definition) is 2. The van der Waals surface area contributed by atoms with Gasteiger partial charge in [0.15, 0.2) is 0 Å². The zero-order valence-corrected chi connectivity index (χ0v) is 7.42. The van der Waals surface area contributed by atoms with E-state index in [9.17, 15) is 4.79 Å². The average Bonchev–Trinajstić information content (AvgIpc) is 2.17. The zero-order chi connectivity index (χ0) is 8.59. The van der Waals surface area contributed by atoms with Crippen LogP contribution in [-0.4, -0.2) is 15.6 Å². The van der Waals surface area contributed by atoms with Crippen LogP contribution in [0.5, 0.6) is 0 Å². The first-order chi connectivity index (χ1) is 5.04. The van der Waals surface area contributed by atoms with Crippen molar-refractivity contribution in [3.63, 3.8) is 0 Å². The number of aromatic nitrogens is 1. The zero-order valence-electron chi connectivity index (χ0n) is 5.84. The van der Waals surface area contributed by atoms with Crippen molar-refractivity contribution in [1.29, 1.82) is 0 Å². The van der Waals surface area contributed by atoms with Crippen LogP contribution >= 0.6 is 15.9 Å². The third-order valence-corrected chi connectivity index (χ3v) is 2.40. The third-order valence-electron chi connectivity index (χ3n) is 1.41. The number of aromatic carboxylic acids is 1. The van der Waals surface area contributed by atoms with Crippen LogP contribution < -0.4 is 5.73 Å². The number of nitrogen functional groups attached to an aromatic ring is 1. The van der Waals surface area contributed by atoms with E-state index in [0.29, 0.717) is 10.3 Å². The molecule has 0 radical (unpaired) electrons. The molecule has 0 unspecified atom stereocenters. The van der Waals surface area contributed by atoms with Crippen molar-refractivity contribution in [2.45, 2.75) is 0 Å². The number of carboxylic acids is 1. The van der Waals surface area contributed by atoms with Gasteiger partial charge in [0.25, 0.3) is 0 Å². The summed E-state index contributed by atoms with van der Waals surface area (Å²) in [5.41, 5.74) is 6.06. The number of carboxylic acid groups (broad SMARTS) is 1. The maximum Gasteiger partial charge on any atom is 0.352 e. The van der Waals surface area contributed by atoms with Gasteiger partial charge in [-0.15, -0.1) is 0 Å². The molecule has 1 heterocycles. The maximum absolute atomic E-state index is 10.5. The van der Waals surface area contributed by atoms with Crippen LogP contribution in [0.3, 0.4) is 0 Å². The van der Waals surface area contributed by atoms with Gasteiger partial charge in [-0.3, -0.25) is 0 Å². The van der Waals surface area contributed by atoms with E-state index in [0.717, 1.165) is 0 Å². The molecule has 1 aromatic heterocycles. The molecule has 0 spiro atoms. The minimum absolute atomic E-state index is 0.175. The second kappa shape index (κ2) is 2.58. The fourth-order valence-electron chi connectivity index (χ4n) is 0.808. The van der Waals surface area contributed by atoms with Gasteiger partial charge in [0, 0.05) is 7.05 Å². The Morgan fingerprint density at radius 2 is 2.36 bits per heavy atom. The van der Waals surface area contributed by atoms with Gasteiger partial charge in [-0.1, -0.05) is 0 Å². The van der Waals surface area contributed by atoms with Crippen LogP contribution in [0.1, 0.15) is 10.5 Å². The molecular weight excluding hydrogens is 212 g/mol. The predicted molar refractivity (Wildman–Crippen MR) is 44.5 cm³/mol. The van der Waals surface area contributed by atoms with Crippen LogP contribution in [0.2, 0.25) is 0 Å². The van der Waals surface area contributed by atoms with Crippen LogP contribution in [-0.2, 0) is 7.05 Å². The smallest absolute Gasteiger partial charge is 0.352 e. The molecule has 0 bridgehead atoms. The van der Waals surface area contributed by atoms with E-state index < -0.39 is 5.97 Å². The van der Waals surface area contributed by atoms with Crippen molar-refractivity contribution in [3.8, 4) is 0 Å². The lowest BCUT2D eigenvalue weighted by atomic mass is 10.4. The Balaban J connectivity index is 3.29. The first-order valence-corrected chi connectivity index (χ1v) is 3.67. The number of hydrogen-bond acceptors (Lipinski definition) is 2. The summed E-state index contributed by atoms with van der Waals surface area (Å²) in [6, 6.07) is 1.41. The SMILES string of the molecule is Cn1c(C(=O)O)cc(N)c1Br. The van der Waals surface area contributed by atoms with Crippen LogP contribution in [0.25, 0.3) is 0 Å². The molecule has 4 nitrogen and oxygen atoms in total. The number of anilines is 1. The molecule has 0 aliphatic rings. The van der Waals surface area contributed by atoms with Gasteiger partial charge in [0.1, 0.15) is 10.3 Å². The van der Waals surface area contributed by atoms with Crippen molar-refractivity contribution in [3.05, 3.63) is 16.4 Å². The monoisotopic (exact) mass is 218 g/mol. The Bertz CT molecular complexity index is 306. The lowest BCUT2D eigenvalue weighted by Crippen LogP contribution is -2.03. The minimum atomic E-state index is -0.982.